The number of rotatable bonds is 3. The molecule has 3 heterocycles. The molecule has 0 amide bonds. The summed E-state index contributed by atoms with van der Waals surface area (Å²) < 4.78 is 22.6. The molecule has 114 valence electrons. The molecule has 0 aromatic heterocycles. The lowest BCUT2D eigenvalue weighted by molar-refractivity contribution is -0.0321. The molecule has 1 unspecified atom stereocenters. The van der Waals surface area contributed by atoms with Gasteiger partial charge in [0.1, 0.15) is 12.4 Å². The van der Waals surface area contributed by atoms with Crippen LogP contribution in [0.25, 0.3) is 0 Å². The third-order valence-corrected chi connectivity index (χ3v) is 3.91. The molecule has 3 aliphatic heterocycles. The lowest BCUT2D eigenvalue weighted by Gasteiger charge is -2.34. The molecule has 0 radical (unpaired) electrons. The molecular weight excluding hydrogens is 292 g/mol. The number of halogens is 1. The van der Waals surface area contributed by atoms with Crippen molar-refractivity contribution in [2.75, 3.05) is 39.5 Å². The first-order chi connectivity index (χ1) is 10.2. The van der Waals surface area contributed by atoms with Gasteiger partial charge in [0.25, 0.3) is 0 Å². The monoisotopic (exact) mass is 311 g/mol. The smallest absolute Gasteiger partial charge is 0.489 e. The zero-order valence-corrected chi connectivity index (χ0v) is 12.8. The van der Waals surface area contributed by atoms with Crippen LogP contribution in [0.2, 0.25) is 5.02 Å². The first-order valence-electron chi connectivity index (χ1n) is 7.21. The molecule has 0 spiro atoms. The van der Waals surface area contributed by atoms with Gasteiger partial charge < -0.3 is 18.7 Å². The summed E-state index contributed by atoms with van der Waals surface area (Å²) in [7, 11) is -0.589. The number of hydrogen-bond acceptors (Lipinski definition) is 5. The molecule has 3 aliphatic rings. The second-order valence-electron chi connectivity index (χ2n) is 5.33. The zero-order valence-electron chi connectivity index (χ0n) is 12.1. The number of ether oxygens (including phenoxy) is 1. The molecule has 21 heavy (non-hydrogen) atoms. The van der Waals surface area contributed by atoms with Crippen molar-refractivity contribution in [3.8, 4) is 5.75 Å². The van der Waals surface area contributed by atoms with Crippen LogP contribution in [-0.4, -0.2) is 57.8 Å². The van der Waals surface area contributed by atoms with E-state index in [1.807, 2.05) is 25.1 Å². The van der Waals surface area contributed by atoms with E-state index >= 15 is 0 Å². The minimum Gasteiger partial charge on any atom is -0.489 e. The van der Waals surface area contributed by atoms with E-state index in [2.05, 4.69) is 4.90 Å². The SMILES string of the molecule is Cc1ccc(Cl)c(OCC2CN3CCOB(OCC3)O2)c1. The fourth-order valence-corrected chi connectivity index (χ4v) is 2.63. The second kappa shape index (κ2) is 6.98. The molecular formula is C14H19BClNO4. The van der Waals surface area contributed by atoms with E-state index in [9.17, 15) is 0 Å². The van der Waals surface area contributed by atoms with Crippen molar-refractivity contribution in [2.45, 2.75) is 13.0 Å². The maximum atomic E-state index is 6.14. The molecule has 5 nitrogen and oxygen atoms in total. The van der Waals surface area contributed by atoms with Crippen LogP contribution in [0.3, 0.4) is 0 Å². The van der Waals surface area contributed by atoms with Crippen molar-refractivity contribution in [3.63, 3.8) is 0 Å². The van der Waals surface area contributed by atoms with Gasteiger partial charge in [0.15, 0.2) is 0 Å². The van der Waals surface area contributed by atoms with Crippen molar-refractivity contribution in [1.29, 1.82) is 0 Å². The number of aryl methyl sites for hydroxylation is 1. The van der Waals surface area contributed by atoms with Crippen LogP contribution in [-0.2, 0) is 14.0 Å². The van der Waals surface area contributed by atoms with Gasteiger partial charge in [-0.2, -0.15) is 0 Å². The summed E-state index contributed by atoms with van der Waals surface area (Å²) in [5, 5.41) is 0.611. The Kier molecular flexibility index (Phi) is 5.03. The highest BCUT2D eigenvalue weighted by Gasteiger charge is 2.33. The first kappa shape index (κ1) is 15.1. The molecule has 7 heteroatoms. The Morgan fingerprint density at radius 2 is 2.10 bits per heavy atom. The number of benzene rings is 1. The topological polar surface area (TPSA) is 40.2 Å². The predicted octanol–water partition coefficient (Wildman–Crippen LogP) is 1.76. The summed E-state index contributed by atoms with van der Waals surface area (Å²) in [4.78, 5) is 2.27. The van der Waals surface area contributed by atoms with E-state index in [0.29, 0.717) is 30.6 Å². The summed E-state index contributed by atoms with van der Waals surface area (Å²) >= 11 is 6.14. The molecule has 1 aromatic rings. The van der Waals surface area contributed by atoms with Gasteiger partial charge in [-0.3, -0.25) is 4.90 Å². The maximum absolute atomic E-state index is 6.14. The van der Waals surface area contributed by atoms with Crippen LogP contribution in [0.4, 0.5) is 0 Å². The molecule has 0 saturated carbocycles. The Bertz CT molecular complexity index is 466. The first-order valence-corrected chi connectivity index (χ1v) is 7.58. The van der Waals surface area contributed by atoms with E-state index in [0.717, 1.165) is 25.2 Å². The van der Waals surface area contributed by atoms with Crippen molar-refractivity contribution in [1.82, 2.24) is 4.90 Å². The highest BCUT2D eigenvalue weighted by molar-refractivity contribution is 6.36. The predicted molar refractivity (Wildman–Crippen MR) is 80.7 cm³/mol. The van der Waals surface area contributed by atoms with Crippen LogP contribution in [0.15, 0.2) is 18.2 Å². The van der Waals surface area contributed by atoms with Crippen molar-refractivity contribution in [2.24, 2.45) is 0 Å². The summed E-state index contributed by atoms with van der Waals surface area (Å²) in [5.74, 6) is 0.685. The molecule has 2 bridgehead atoms. The van der Waals surface area contributed by atoms with Crippen molar-refractivity contribution in [3.05, 3.63) is 28.8 Å². The van der Waals surface area contributed by atoms with Crippen LogP contribution in [0.5, 0.6) is 5.75 Å². The van der Waals surface area contributed by atoms with Gasteiger partial charge in [0.05, 0.1) is 11.1 Å². The minimum atomic E-state index is -0.589. The Morgan fingerprint density at radius 1 is 1.33 bits per heavy atom. The van der Waals surface area contributed by atoms with Gasteiger partial charge >= 0.3 is 7.32 Å². The Balaban J connectivity index is 1.62. The van der Waals surface area contributed by atoms with Crippen LogP contribution < -0.4 is 4.74 Å². The average molecular weight is 312 g/mol. The van der Waals surface area contributed by atoms with Crippen molar-refractivity contribution < 1.29 is 18.7 Å². The van der Waals surface area contributed by atoms with E-state index in [4.69, 9.17) is 30.3 Å². The average Bonchev–Trinajstić information content (AvgIpc) is 2.39. The van der Waals surface area contributed by atoms with Gasteiger partial charge in [-0.1, -0.05) is 17.7 Å². The van der Waals surface area contributed by atoms with Crippen LogP contribution >= 0.6 is 11.6 Å². The van der Waals surface area contributed by atoms with E-state index in [1.165, 1.54) is 0 Å². The van der Waals surface area contributed by atoms with Gasteiger partial charge in [-0.25, -0.2) is 0 Å². The van der Waals surface area contributed by atoms with Gasteiger partial charge in [-0.05, 0) is 24.6 Å². The Labute approximate surface area is 130 Å². The van der Waals surface area contributed by atoms with Gasteiger partial charge in [0.2, 0.25) is 0 Å². The quantitative estimate of drug-likeness (QED) is 0.796. The molecule has 0 N–H and O–H groups in total. The van der Waals surface area contributed by atoms with E-state index in [1.54, 1.807) is 0 Å². The normalized spacial score (nSPS) is 26.1. The molecule has 1 atom stereocenters. The Morgan fingerprint density at radius 3 is 2.86 bits per heavy atom. The number of hydrogen-bond donors (Lipinski definition) is 0. The van der Waals surface area contributed by atoms with E-state index < -0.39 is 7.32 Å². The molecule has 3 fully saturated rings. The minimum absolute atomic E-state index is 0.104. The fourth-order valence-electron chi connectivity index (χ4n) is 2.46. The molecule has 0 aliphatic carbocycles. The fraction of sp³-hybridized carbons (Fsp3) is 0.571. The lowest BCUT2D eigenvalue weighted by atomic mass is 10.1. The summed E-state index contributed by atoms with van der Waals surface area (Å²) in [5.41, 5.74) is 1.11. The molecule has 1 aromatic carbocycles. The highest BCUT2D eigenvalue weighted by Crippen LogP contribution is 2.25. The third kappa shape index (κ3) is 4.11. The highest BCUT2D eigenvalue weighted by atomic mass is 35.5. The number of nitrogens with zero attached hydrogens (tertiary/aromatic N) is 1. The summed E-state index contributed by atoms with van der Waals surface area (Å²) in [6.07, 6.45) is -0.104. The molecule has 3 saturated heterocycles. The van der Waals surface area contributed by atoms with Crippen LogP contribution in [0, 0.1) is 6.92 Å². The van der Waals surface area contributed by atoms with Crippen molar-refractivity contribution >= 4 is 18.9 Å². The molecule has 4 rings (SSSR count). The number of fused-ring (bicyclic) bond motifs is 6. The zero-order chi connectivity index (χ0) is 14.7. The van der Waals surface area contributed by atoms with Crippen LogP contribution in [0.1, 0.15) is 5.56 Å². The third-order valence-electron chi connectivity index (χ3n) is 3.60. The largest absolute Gasteiger partial charge is 0.639 e. The van der Waals surface area contributed by atoms with E-state index in [-0.39, 0.29) is 6.10 Å². The lowest BCUT2D eigenvalue weighted by Crippen LogP contribution is -2.51. The summed E-state index contributed by atoms with van der Waals surface area (Å²) in [6.45, 7) is 6.28. The van der Waals surface area contributed by atoms with Gasteiger partial charge in [0, 0.05) is 32.8 Å². The van der Waals surface area contributed by atoms with Gasteiger partial charge in [-0.15, -0.1) is 0 Å². The Hall–Kier alpha value is -0.785. The second-order valence-corrected chi connectivity index (χ2v) is 5.74. The summed E-state index contributed by atoms with van der Waals surface area (Å²) in [6, 6.07) is 5.73. The maximum Gasteiger partial charge on any atom is 0.639 e. The standard InChI is InChI=1S/C14H19BClNO4/c1-11-2-3-13(16)14(8-11)18-10-12-9-17-4-6-19-15(21-12)20-7-5-17/h2-3,8,12H,4-7,9-10H2,1H3.